The Bertz CT molecular complexity index is 508. The Morgan fingerprint density at radius 1 is 1.10 bits per heavy atom. The molecule has 1 aliphatic heterocycles. The third-order valence-corrected chi connectivity index (χ3v) is 5.13. The minimum atomic E-state index is -0.106. The molecule has 3 nitrogen and oxygen atoms in total. The molecule has 1 aromatic carbocycles. The van der Waals surface area contributed by atoms with Gasteiger partial charge in [0, 0.05) is 11.1 Å². The first-order valence-electron chi connectivity index (χ1n) is 7.90. The number of carbonyl (C=O) groups excluding carboxylic acids is 1. The van der Waals surface area contributed by atoms with E-state index < -0.39 is 0 Å². The molecule has 0 radical (unpaired) electrons. The standard InChI is InChI=1S/C17H23ClN2O/c1-11-3-9-15(10-4-11)20-16(19-12(2)17(20)21)13-5-7-14(18)8-6-13/h5-8,11-12,15-16,19H,3-4,9-10H2,1-2H3. The summed E-state index contributed by atoms with van der Waals surface area (Å²) in [4.78, 5) is 14.7. The number of nitrogens with zero attached hydrogens (tertiary/aromatic N) is 1. The first-order valence-corrected chi connectivity index (χ1v) is 8.27. The van der Waals surface area contributed by atoms with E-state index in [9.17, 15) is 4.79 Å². The van der Waals surface area contributed by atoms with E-state index in [2.05, 4.69) is 17.1 Å². The zero-order valence-electron chi connectivity index (χ0n) is 12.7. The predicted molar refractivity (Wildman–Crippen MR) is 85.1 cm³/mol. The molecule has 1 aliphatic carbocycles. The van der Waals surface area contributed by atoms with Crippen LogP contribution in [-0.2, 0) is 4.79 Å². The highest BCUT2D eigenvalue weighted by Gasteiger charge is 2.41. The average molecular weight is 307 g/mol. The summed E-state index contributed by atoms with van der Waals surface area (Å²) in [5.74, 6) is 1.02. The largest absolute Gasteiger partial charge is 0.319 e. The number of halogens is 1. The molecule has 1 N–H and O–H groups in total. The second kappa shape index (κ2) is 5.98. The molecule has 1 aromatic rings. The lowest BCUT2D eigenvalue weighted by atomic mass is 9.86. The van der Waals surface area contributed by atoms with Crippen LogP contribution in [0.3, 0.4) is 0 Å². The average Bonchev–Trinajstić information content (AvgIpc) is 2.77. The van der Waals surface area contributed by atoms with Crippen molar-refractivity contribution in [3.05, 3.63) is 34.9 Å². The van der Waals surface area contributed by atoms with E-state index in [1.165, 1.54) is 12.8 Å². The number of hydrogen-bond acceptors (Lipinski definition) is 2. The van der Waals surface area contributed by atoms with Crippen LogP contribution < -0.4 is 5.32 Å². The molecule has 1 saturated carbocycles. The molecule has 3 rings (SSSR count). The summed E-state index contributed by atoms with van der Waals surface area (Å²) in [5, 5.41) is 4.16. The lowest BCUT2D eigenvalue weighted by Gasteiger charge is -2.37. The molecule has 0 spiro atoms. The number of benzene rings is 1. The smallest absolute Gasteiger partial charge is 0.241 e. The fraction of sp³-hybridized carbons (Fsp3) is 0.588. The maximum Gasteiger partial charge on any atom is 0.241 e. The third-order valence-electron chi connectivity index (χ3n) is 4.88. The van der Waals surface area contributed by atoms with Gasteiger partial charge in [-0.15, -0.1) is 0 Å². The fourth-order valence-corrected chi connectivity index (χ4v) is 3.68. The highest BCUT2D eigenvalue weighted by Crippen LogP contribution is 2.35. The Hall–Kier alpha value is -1.06. The van der Waals surface area contributed by atoms with Gasteiger partial charge in [-0.3, -0.25) is 10.1 Å². The van der Waals surface area contributed by atoms with E-state index in [1.807, 2.05) is 31.2 Å². The second-order valence-corrected chi connectivity index (χ2v) is 6.94. The van der Waals surface area contributed by atoms with E-state index >= 15 is 0 Å². The van der Waals surface area contributed by atoms with Gasteiger partial charge in [-0.2, -0.15) is 0 Å². The van der Waals surface area contributed by atoms with Crippen LogP contribution >= 0.6 is 11.6 Å². The van der Waals surface area contributed by atoms with Crippen LogP contribution in [0.5, 0.6) is 0 Å². The minimum Gasteiger partial charge on any atom is -0.319 e. The van der Waals surface area contributed by atoms with E-state index in [1.54, 1.807) is 0 Å². The van der Waals surface area contributed by atoms with Gasteiger partial charge in [0.15, 0.2) is 0 Å². The van der Waals surface area contributed by atoms with Gasteiger partial charge >= 0.3 is 0 Å². The zero-order chi connectivity index (χ0) is 15.0. The Morgan fingerprint density at radius 3 is 2.33 bits per heavy atom. The number of nitrogens with one attached hydrogen (secondary N) is 1. The summed E-state index contributed by atoms with van der Waals surface area (Å²) in [7, 11) is 0. The van der Waals surface area contributed by atoms with Gasteiger partial charge in [0.25, 0.3) is 0 Å². The molecular formula is C17H23ClN2O. The van der Waals surface area contributed by atoms with Gasteiger partial charge in [0.05, 0.1) is 6.04 Å². The maximum absolute atomic E-state index is 12.6. The van der Waals surface area contributed by atoms with Gasteiger partial charge in [-0.25, -0.2) is 0 Å². The molecule has 0 aromatic heterocycles. The van der Waals surface area contributed by atoms with Crippen molar-refractivity contribution < 1.29 is 4.79 Å². The van der Waals surface area contributed by atoms with E-state index in [0.717, 1.165) is 29.3 Å². The lowest BCUT2D eigenvalue weighted by molar-refractivity contribution is -0.133. The topological polar surface area (TPSA) is 32.3 Å². The molecule has 114 valence electrons. The second-order valence-electron chi connectivity index (χ2n) is 6.50. The molecule has 0 bridgehead atoms. The number of hydrogen-bond donors (Lipinski definition) is 1. The molecule has 1 amide bonds. The number of rotatable bonds is 2. The van der Waals surface area contributed by atoms with Crippen molar-refractivity contribution in [2.45, 2.75) is 57.8 Å². The quantitative estimate of drug-likeness (QED) is 0.903. The Morgan fingerprint density at radius 2 is 1.71 bits per heavy atom. The van der Waals surface area contributed by atoms with Crippen molar-refractivity contribution in [1.29, 1.82) is 0 Å². The molecule has 1 saturated heterocycles. The van der Waals surface area contributed by atoms with Crippen LogP contribution in [0.4, 0.5) is 0 Å². The zero-order valence-corrected chi connectivity index (χ0v) is 13.4. The van der Waals surface area contributed by atoms with Gasteiger partial charge in [0.2, 0.25) is 5.91 Å². The highest BCUT2D eigenvalue weighted by molar-refractivity contribution is 6.30. The Kier molecular flexibility index (Phi) is 4.23. The van der Waals surface area contributed by atoms with Crippen LogP contribution in [0.1, 0.15) is 51.3 Å². The third kappa shape index (κ3) is 2.95. The van der Waals surface area contributed by atoms with Gasteiger partial charge in [-0.05, 0) is 56.2 Å². The van der Waals surface area contributed by atoms with Crippen molar-refractivity contribution >= 4 is 17.5 Å². The lowest BCUT2D eigenvalue weighted by Crippen LogP contribution is -2.41. The summed E-state index contributed by atoms with van der Waals surface area (Å²) in [6, 6.07) is 8.09. The SMILES string of the molecule is CC1CCC(N2C(=O)C(C)NC2c2ccc(Cl)cc2)CC1. The molecule has 4 heteroatoms. The number of carbonyl (C=O) groups is 1. The predicted octanol–water partition coefficient (Wildman–Crippen LogP) is 3.74. The molecule has 2 unspecified atom stereocenters. The van der Waals surface area contributed by atoms with Crippen LogP contribution in [0.25, 0.3) is 0 Å². The van der Waals surface area contributed by atoms with E-state index in [-0.39, 0.29) is 18.1 Å². The van der Waals surface area contributed by atoms with Crippen LogP contribution in [0.15, 0.2) is 24.3 Å². The van der Waals surface area contributed by atoms with Crippen LogP contribution in [-0.4, -0.2) is 22.9 Å². The van der Waals surface area contributed by atoms with Gasteiger partial charge in [0.1, 0.15) is 6.17 Å². The van der Waals surface area contributed by atoms with Crippen LogP contribution in [0, 0.1) is 5.92 Å². The monoisotopic (exact) mass is 306 g/mol. The summed E-state index contributed by atoms with van der Waals surface area (Å²) in [6.07, 6.45) is 4.66. The molecular weight excluding hydrogens is 284 g/mol. The summed E-state index contributed by atoms with van der Waals surface area (Å²) in [6.45, 7) is 4.26. The molecule has 2 atom stereocenters. The summed E-state index contributed by atoms with van der Waals surface area (Å²) < 4.78 is 0. The minimum absolute atomic E-state index is 0.0110. The first kappa shape index (κ1) is 14.9. The first-order chi connectivity index (χ1) is 10.1. The molecule has 2 aliphatic rings. The van der Waals surface area contributed by atoms with E-state index in [0.29, 0.717) is 6.04 Å². The van der Waals surface area contributed by atoms with Gasteiger partial charge in [-0.1, -0.05) is 30.7 Å². The maximum atomic E-state index is 12.6. The molecule has 1 heterocycles. The summed E-state index contributed by atoms with van der Waals surface area (Å²) in [5.41, 5.74) is 1.12. The van der Waals surface area contributed by atoms with Crippen LogP contribution in [0.2, 0.25) is 5.02 Å². The normalized spacial score (nSPS) is 33.5. The molecule has 2 fully saturated rings. The summed E-state index contributed by atoms with van der Waals surface area (Å²) >= 11 is 5.98. The van der Waals surface area contributed by atoms with Crippen molar-refractivity contribution in [2.75, 3.05) is 0 Å². The number of amides is 1. The Balaban J connectivity index is 1.84. The molecule has 21 heavy (non-hydrogen) atoms. The highest BCUT2D eigenvalue weighted by atomic mass is 35.5. The van der Waals surface area contributed by atoms with Gasteiger partial charge < -0.3 is 4.90 Å². The van der Waals surface area contributed by atoms with Crippen molar-refractivity contribution in [1.82, 2.24) is 10.2 Å². The van der Waals surface area contributed by atoms with E-state index in [4.69, 9.17) is 11.6 Å². The fourth-order valence-electron chi connectivity index (χ4n) is 3.55. The van der Waals surface area contributed by atoms with Crippen molar-refractivity contribution in [3.63, 3.8) is 0 Å². The van der Waals surface area contributed by atoms with Crippen molar-refractivity contribution in [2.24, 2.45) is 5.92 Å². The van der Waals surface area contributed by atoms with Crippen molar-refractivity contribution in [3.8, 4) is 0 Å². The Labute approximate surface area is 131 Å².